The lowest BCUT2D eigenvalue weighted by Crippen LogP contribution is -2.22. The van der Waals surface area contributed by atoms with E-state index < -0.39 is 0 Å². The molecule has 2 atom stereocenters. The third kappa shape index (κ3) is 2.33. The summed E-state index contributed by atoms with van der Waals surface area (Å²) in [4.78, 5) is 0. The van der Waals surface area contributed by atoms with Crippen LogP contribution in [0.5, 0.6) is 0 Å². The smallest absolute Gasteiger partial charge is 0.0590 e. The van der Waals surface area contributed by atoms with E-state index >= 15 is 0 Å². The molecule has 54 valence electrons. The second-order valence-electron chi connectivity index (χ2n) is 2.85. The van der Waals surface area contributed by atoms with Gasteiger partial charge in [-0.25, -0.2) is 0 Å². The zero-order valence-electron chi connectivity index (χ0n) is 5.97. The summed E-state index contributed by atoms with van der Waals surface area (Å²) in [6.07, 6.45) is 3.92. The molecule has 2 nitrogen and oxygen atoms in total. The van der Waals surface area contributed by atoms with Crippen LogP contribution in [0.15, 0.2) is 0 Å². The molecule has 0 spiro atoms. The molecule has 0 aliphatic carbocycles. The van der Waals surface area contributed by atoms with Crippen molar-refractivity contribution in [3.05, 3.63) is 0 Å². The third-order valence-electron chi connectivity index (χ3n) is 1.66. The summed E-state index contributed by atoms with van der Waals surface area (Å²) < 4.78 is 5.38. The molecule has 0 bridgehead atoms. The number of rotatable bonds is 2. The van der Waals surface area contributed by atoms with Gasteiger partial charge in [0.05, 0.1) is 6.10 Å². The zero-order chi connectivity index (χ0) is 6.69. The Hall–Kier alpha value is -0.0800. The summed E-state index contributed by atoms with van der Waals surface area (Å²) in [7, 11) is 0. The predicted octanol–water partition coefficient (Wildman–Crippen LogP) is 0.903. The lowest BCUT2D eigenvalue weighted by molar-refractivity contribution is 0.0997. The molecule has 9 heavy (non-hydrogen) atoms. The van der Waals surface area contributed by atoms with Gasteiger partial charge in [-0.15, -0.1) is 0 Å². The van der Waals surface area contributed by atoms with Crippen LogP contribution in [0.2, 0.25) is 0 Å². The number of ether oxygens (including phenoxy) is 1. The molecule has 2 N–H and O–H groups in total. The third-order valence-corrected chi connectivity index (χ3v) is 1.66. The molecule has 1 heterocycles. The summed E-state index contributed by atoms with van der Waals surface area (Å²) in [6, 6.07) is 0.299. The number of hydrogen-bond donors (Lipinski definition) is 1. The fraction of sp³-hybridized carbons (Fsp3) is 1.00. The summed E-state index contributed by atoms with van der Waals surface area (Å²) in [5, 5.41) is 0. The normalized spacial score (nSPS) is 30.7. The SMILES string of the molecule is C[C@@H](N)CC1CCCO1. The lowest BCUT2D eigenvalue weighted by atomic mass is 10.1. The highest BCUT2D eigenvalue weighted by Gasteiger charge is 2.15. The van der Waals surface area contributed by atoms with Gasteiger partial charge in [0.25, 0.3) is 0 Å². The van der Waals surface area contributed by atoms with Gasteiger partial charge < -0.3 is 10.5 Å². The van der Waals surface area contributed by atoms with E-state index in [-0.39, 0.29) is 0 Å². The molecule has 1 unspecified atom stereocenters. The van der Waals surface area contributed by atoms with Gasteiger partial charge >= 0.3 is 0 Å². The summed E-state index contributed by atoms with van der Waals surface area (Å²) in [5.74, 6) is 0. The standard InChI is InChI=1S/C7H15NO/c1-6(8)5-7-3-2-4-9-7/h6-7H,2-5,8H2,1H3/t6-,7?/m1/s1. The first-order valence-corrected chi connectivity index (χ1v) is 3.66. The Bertz CT molecular complexity index is 77.0. The van der Waals surface area contributed by atoms with E-state index in [1.165, 1.54) is 12.8 Å². The molecule has 1 aliphatic heterocycles. The van der Waals surface area contributed by atoms with Crippen LogP contribution >= 0.6 is 0 Å². The van der Waals surface area contributed by atoms with E-state index in [2.05, 4.69) is 0 Å². The van der Waals surface area contributed by atoms with Crippen LogP contribution in [0.1, 0.15) is 26.2 Å². The molecular weight excluding hydrogens is 114 g/mol. The van der Waals surface area contributed by atoms with Crippen molar-refractivity contribution in [1.82, 2.24) is 0 Å². The quantitative estimate of drug-likeness (QED) is 0.601. The van der Waals surface area contributed by atoms with Gasteiger partial charge in [-0.1, -0.05) is 0 Å². The van der Waals surface area contributed by atoms with Crippen molar-refractivity contribution in [2.45, 2.75) is 38.3 Å². The van der Waals surface area contributed by atoms with Crippen LogP contribution in [0, 0.1) is 0 Å². The second-order valence-corrected chi connectivity index (χ2v) is 2.85. The second kappa shape index (κ2) is 3.18. The zero-order valence-corrected chi connectivity index (χ0v) is 5.97. The Kier molecular flexibility index (Phi) is 2.49. The predicted molar refractivity (Wildman–Crippen MR) is 37.2 cm³/mol. The summed E-state index contributed by atoms with van der Waals surface area (Å²) in [5.41, 5.74) is 5.59. The molecule has 1 fully saturated rings. The van der Waals surface area contributed by atoms with Gasteiger partial charge in [0.1, 0.15) is 0 Å². The maximum Gasteiger partial charge on any atom is 0.0590 e. The Balaban J connectivity index is 2.11. The molecule has 0 saturated carbocycles. The van der Waals surface area contributed by atoms with Crippen LogP contribution in [0.3, 0.4) is 0 Å². The van der Waals surface area contributed by atoms with Gasteiger partial charge in [-0.05, 0) is 26.2 Å². The molecule has 1 rings (SSSR count). The first kappa shape index (κ1) is 7.03. The fourth-order valence-electron chi connectivity index (χ4n) is 1.24. The van der Waals surface area contributed by atoms with Gasteiger partial charge in [-0.3, -0.25) is 0 Å². The molecule has 1 saturated heterocycles. The van der Waals surface area contributed by atoms with Crippen molar-refractivity contribution < 1.29 is 4.74 Å². The summed E-state index contributed by atoms with van der Waals surface area (Å²) in [6.45, 7) is 2.97. The van der Waals surface area contributed by atoms with Gasteiger partial charge in [0, 0.05) is 12.6 Å². The fourth-order valence-corrected chi connectivity index (χ4v) is 1.24. The van der Waals surface area contributed by atoms with Crippen LogP contribution in [0.25, 0.3) is 0 Å². The highest BCUT2D eigenvalue weighted by molar-refractivity contribution is 4.68. The molecule has 0 amide bonds. The number of hydrogen-bond acceptors (Lipinski definition) is 2. The monoisotopic (exact) mass is 129 g/mol. The minimum atomic E-state index is 0.299. The van der Waals surface area contributed by atoms with Crippen molar-refractivity contribution in [3.63, 3.8) is 0 Å². The Labute approximate surface area is 56.4 Å². The minimum absolute atomic E-state index is 0.299. The molecule has 0 aromatic rings. The topological polar surface area (TPSA) is 35.2 Å². The first-order chi connectivity index (χ1) is 4.29. The minimum Gasteiger partial charge on any atom is -0.378 e. The highest BCUT2D eigenvalue weighted by Crippen LogP contribution is 2.15. The van der Waals surface area contributed by atoms with Crippen molar-refractivity contribution in [1.29, 1.82) is 0 Å². The van der Waals surface area contributed by atoms with Gasteiger partial charge in [0.15, 0.2) is 0 Å². The molecule has 2 heteroatoms. The van der Waals surface area contributed by atoms with E-state index in [1.54, 1.807) is 0 Å². The van der Waals surface area contributed by atoms with Gasteiger partial charge in [0.2, 0.25) is 0 Å². The average Bonchev–Trinajstić information content (AvgIpc) is 2.15. The van der Waals surface area contributed by atoms with Crippen LogP contribution in [-0.4, -0.2) is 18.8 Å². The Morgan fingerprint density at radius 3 is 3.00 bits per heavy atom. The molecule has 0 aromatic carbocycles. The molecule has 0 aromatic heterocycles. The summed E-state index contributed by atoms with van der Waals surface area (Å²) >= 11 is 0. The first-order valence-electron chi connectivity index (χ1n) is 3.66. The molecular formula is C7H15NO. The van der Waals surface area contributed by atoms with Crippen LogP contribution in [0.4, 0.5) is 0 Å². The van der Waals surface area contributed by atoms with Crippen molar-refractivity contribution in [2.24, 2.45) is 5.73 Å². The van der Waals surface area contributed by atoms with Crippen molar-refractivity contribution in [2.75, 3.05) is 6.61 Å². The number of nitrogens with two attached hydrogens (primary N) is 1. The Morgan fingerprint density at radius 2 is 2.56 bits per heavy atom. The maximum atomic E-state index is 5.59. The largest absolute Gasteiger partial charge is 0.378 e. The van der Waals surface area contributed by atoms with Crippen LogP contribution < -0.4 is 5.73 Å². The van der Waals surface area contributed by atoms with E-state index in [4.69, 9.17) is 10.5 Å². The van der Waals surface area contributed by atoms with Crippen molar-refractivity contribution >= 4 is 0 Å². The molecule has 1 aliphatic rings. The van der Waals surface area contributed by atoms with E-state index in [9.17, 15) is 0 Å². The lowest BCUT2D eigenvalue weighted by Gasteiger charge is -2.10. The van der Waals surface area contributed by atoms with Crippen LogP contribution in [-0.2, 0) is 4.74 Å². The molecule has 0 radical (unpaired) electrons. The van der Waals surface area contributed by atoms with Crippen molar-refractivity contribution in [3.8, 4) is 0 Å². The van der Waals surface area contributed by atoms with Gasteiger partial charge in [-0.2, -0.15) is 0 Å². The maximum absolute atomic E-state index is 5.59. The highest BCUT2D eigenvalue weighted by atomic mass is 16.5. The van der Waals surface area contributed by atoms with E-state index in [0.717, 1.165) is 13.0 Å². The van der Waals surface area contributed by atoms with E-state index in [0.29, 0.717) is 12.1 Å². The van der Waals surface area contributed by atoms with E-state index in [1.807, 2.05) is 6.92 Å². The average molecular weight is 129 g/mol. The Morgan fingerprint density at radius 1 is 1.78 bits per heavy atom.